The molecule has 0 radical (unpaired) electrons. The van der Waals surface area contributed by atoms with Crippen LogP contribution in [-0.4, -0.2) is 51.5 Å². The van der Waals surface area contributed by atoms with Gasteiger partial charge in [-0.1, -0.05) is 24.3 Å². The van der Waals surface area contributed by atoms with Gasteiger partial charge in [0.05, 0.1) is 6.20 Å². The molecule has 4 aromatic rings. The summed E-state index contributed by atoms with van der Waals surface area (Å²) in [6, 6.07) is 15.6. The first-order valence-electron chi connectivity index (χ1n) is 10.1. The van der Waals surface area contributed by atoms with Crippen molar-refractivity contribution in [3.8, 4) is 11.1 Å². The molecule has 7 heteroatoms. The maximum absolute atomic E-state index is 11.8. The van der Waals surface area contributed by atoms with Crippen molar-refractivity contribution in [1.82, 2.24) is 19.6 Å². The Kier molecular flexibility index (Phi) is 4.63. The first-order chi connectivity index (χ1) is 14.7. The van der Waals surface area contributed by atoms with E-state index in [1.807, 2.05) is 65.6 Å². The normalized spacial score (nSPS) is 14.3. The number of hydrogen-bond donors (Lipinski definition) is 0. The molecule has 1 aromatic carbocycles. The zero-order chi connectivity index (χ0) is 20.5. The zero-order valence-corrected chi connectivity index (χ0v) is 16.8. The number of ketones is 1. The number of carbonyl (C=O) groups excluding carboxylic acids is 1. The molecule has 150 valence electrons. The Hall–Kier alpha value is -3.74. The number of nitrogens with zero attached hydrogens (tertiary/aromatic N) is 6. The summed E-state index contributed by atoms with van der Waals surface area (Å²) in [5.41, 5.74) is 3.35. The van der Waals surface area contributed by atoms with Crippen LogP contribution in [0.3, 0.4) is 0 Å². The monoisotopic (exact) mass is 398 g/mol. The summed E-state index contributed by atoms with van der Waals surface area (Å²) in [4.78, 5) is 25.4. The number of anilines is 2. The number of rotatable bonds is 4. The predicted octanol–water partition coefficient (Wildman–Crippen LogP) is 3.32. The largest absolute Gasteiger partial charge is 0.353 e. The summed E-state index contributed by atoms with van der Waals surface area (Å²) >= 11 is 0. The van der Waals surface area contributed by atoms with Crippen LogP contribution < -0.4 is 9.80 Å². The molecule has 1 saturated heterocycles. The molecular formula is C23H22N6O. The van der Waals surface area contributed by atoms with Crippen LogP contribution in [0.5, 0.6) is 0 Å². The van der Waals surface area contributed by atoms with Crippen molar-refractivity contribution in [2.45, 2.75) is 6.92 Å². The number of aromatic nitrogens is 4. The molecule has 30 heavy (non-hydrogen) atoms. The van der Waals surface area contributed by atoms with Crippen LogP contribution in [0.25, 0.3) is 16.8 Å². The molecule has 0 amide bonds. The van der Waals surface area contributed by atoms with E-state index in [-0.39, 0.29) is 5.78 Å². The first kappa shape index (κ1) is 18.3. The average molecular weight is 398 g/mol. The van der Waals surface area contributed by atoms with Crippen LogP contribution in [-0.2, 0) is 0 Å². The minimum Gasteiger partial charge on any atom is -0.353 e. The predicted molar refractivity (Wildman–Crippen MR) is 117 cm³/mol. The molecule has 0 spiro atoms. The van der Waals surface area contributed by atoms with Crippen molar-refractivity contribution in [3.63, 3.8) is 0 Å². The quantitative estimate of drug-likeness (QED) is 0.491. The van der Waals surface area contributed by atoms with Gasteiger partial charge in [0.15, 0.2) is 11.4 Å². The lowest BCUT2D eigenvalue weighted by atomic mass is 10.0. The second kappa shape index (κ2) is 7.59. The third-order valence-corrected chi connectivity index (χ3v) is 5.54. The standard InChI is InChI=1S/C23H22N6O/c1-17(30)18-5-4-6-19(15-18)20-16-26-29-22(8-10-25-23(20)29)28-13-11-27(12-14-28)21-7-2-3-9-24-21/h2-10,15-16H,11-14H2,1H3. The highest BCUT2D eigenvalue weighted by atomic mass is 16.1. The summed E-state index contributed by atoms with van der Waals surface area (Å²) in [5, 5.41) is 4.62. The van der Waals surface area contributed by atoms with Gasteiger partial charge in [0, 0.05) is 49.7 Å². The van der Waals surface area contributed by atoms with E-state index in [0.29, 0.717) is 5.56 Å². The van der Waals surface area contributed by atoms with Crippen molar-refractivity contribution in [2.75, 3.05) is 36.0 Å². The molecule has 0 unspecified atom stereocenters. The SMILES string of the molecule is CC(=O)c1cccc(-c2cnn3c(N4CCN(c5ccccn5)CC4)ccnc23)c1. The molecule has 5 rings (SSSR count). The molecule has 7 nitrogen and oxygen atoms in total. The van der Waals surface area contributed by atoms with Crippen molar-refractivity contribution in [1.29, 1.82) is 0 Å². The molecule has 0 atom stereocenters. The van der Waals surface area contributed by atoms with Gasteiger partial charge in [-0.25, -0.2) is 9.97 Å². The van der Waals surface area contributed by atoms with Gasteiger partial charge in [-0.05, 0) is 36.8 Å². The van der Waals surface area contributed by atoms with Crippen molar-refractivity contribution < 1.29 is 4.79 Å². The second-order valence-electron chi connectivity index (χ2n) is 7.40. The Balaban J connectivity index is 1.43. The van der Waals surface area contributed by atoms with Crippen LogP contribution in [0.4, 0.5) is 11.6 Å². The van der Waals surface area contributed by atoms with Crippen LogP contribution in [0, 0.1) is 0 Å². The molecule has 0 saturated carbocycles. The van der Waals surface area contributed by atoms with E-state index in [4.69, 9.17) is 0 Å². The molecule has 0 aliphatic carbocycles. The fourth-order valence-electron chi connectivity index (χ4n) is 3.93. The molecule has 0 bridgehead atoms. The Labute approximate surface area is 174 Å². The fraction of sp³-hybridized carbons (Fsp3) is 0.217. The topological polar surface area (TPSA) is 66.6 Å². The average Bonchev–Trinajstić information content (AvgIpc) is 3.24. The number of fused-ring (bicyclic) bond motifs is 1. The highest BCUT2D eigenvalue weighted by molar-refractivity contribution is 5.95. The number of Topliss-reactive ketones (excluding diaryl/α,β-unsaturated/α-hetero) is 1. The summed E-state index contributed by atoms with van der Waals surface area (Å²) in [7, 11) is 0. The van der Waals surface area contributed by atoms with Gasteiger partial charge in [0.2, 0.25) is 0 Å². The first-order valence-corrected chi connectivity index (χ1v) is 10.1. The molecule has 1 aliphatic heterocycles. The van der Waals surface area contributed by atoms with E-state index in [0.717, 1.165) is 54.6 Å². The molecule has 1 fully saturated rings. The summed E-state index contributed by atoms with van der Waals surface area (Å²) in [6.07, 6.45) is 5.49. The van der Waals surface area contributed by atoms with Gasteiger partial charge in [-0.2, -0.15) is 9.61 Å². The Morgan fingerprint density at radius 2 is 1.73 bits per heavy atom. The highest BCUT2D eigenvalue weighted by Gasteiger charge is 2.21. The van der Waals surface area contributed by atoms with Crippen LogP contribution in [0.15, 0.2) is 67.1 Å². The van der Waals surface area contributed by atoms with E-state index in [2.05, 4.69) is 30.9 Å². The van der Waals surface area contributed by atoms with Crippen molar-refractivity contribution in [3.05, 3.63) is 72.7 Å². The van der Waals surface area contributed by atoms with Gasteiger partial charge in [0.25, 0.3) is 0 Å². The van der Waals surface area contributed by atoms with Crippen LogP contribution in [0.1, 0.15) is 17.3 Å². The van der Waals surface area contributed by atoms with Gasteiger partial charge in [0.1, 0.15) is 11.6 Å². The summed E-state index contributed by atoms with van der Waals surface area (Å²) in [5.74, 6) is 2.09. The van der Waals surface area contributed by atoms with E-state index in [9.17, 15) is 4.79 Å². The minimum absolute atomic E-state index is 0.0488. The summed E-state index contributed by atoms with van der Waals surface area (Å²) in [6.45, 7) is 5.14. The lowest BCUT2D eigenvalue weighted by molar-refractivity contribution is 0.101. The Morgan fingerprint density at radius 3 is 2.50 bits per heavy atom. The smallest absolute Gasteiger partial charge is 0.165 e. The van der Waals surface area contributed by atoms with Gasteiger partial charge < -0.3 is 9.80 Å². The maximum atomic E-state index is 11.8. The maximum Gasteiger partial charge on any atom is 0.165 e. The summed E-state index contributed by atoms with van der Waals surface area (Å²) < 4.78 is 1.90. The molecule has 3 aromatic heterocycles. The van der Waals surface area contributed by atoms with E-state index >= 15 is 0 Å². The molecule has 4 heterocycles. The lowest BCUT2D eigenvalue weighted by Crippen LogP contribution is -2.47. The number of carbonyl (C=O) groups is 1. The van der Waals surface area contributed by atoms with Crippen molar-refractivity contribution in [2.24, 2.45) is 0 Å². The van der Waals surface area contributed by atoms with E-state index in [1.54, 1.807) is 6.92 Å². The van der Waals surface area contributed by atoms with Gasteiger partial charge in [-0.15, -0.1) is 0 Å². The van der Waals surface area contributed by atoms with Crippen molar-refractivity contribution >= 4 is 23.1 Å². The third kappa shape index (κ3) is 3.28. The Morgan fingerprint density at radius 1 is 0.900 bits per heavy atom. The minimum atomic E-state index is 0.0488. The number of pyridine rings is 1. The fourth-order valence-corrected chi connectivity index (χ4v) is 3.93. The number of benzene rings is 1. The third-order valence-electron chi connectivity index (χ3n) is 5.54. The molecular weight excluding hydrogens is 376 g/mol. The van der Waals surface area contributed by atoms with Crippen LogP contribution >= 0.6 is 0 Å². The Bertz CT molecular complexity index is 1190. The van der Waals surface area contributed by atoms with Gasteiger partial charge in [-0.3, -0.25) is 4.79 Å². The molecule has 0 N–H and O–H groups in total. The van der Waals surface area contributed by atoms with Gasteiger partial charge >= 0.3 is 0 Å². The van der Waals surface area contributed by atoms with E-state index in [1.165, 1.54) is 0 Å². The van der Waals surface area contributed by atoms with E-state index < -0.39 is 0 Å². The lowest BCUT2D eigenvalue weighted by Gasteiger charge is -2.36. The van der Waals surface area contributed by atoms with Crippen LogP contribution in [0.2, 0.25) is 0 Å². The zero-order valence-electron chi connectivity index (χ0n) is 16.8. The molecule has 1 aliphatic rings. The second-order valence-corrected chi connectivity index (χ2v) is 7.40. The highest BCUT2D eigenvalue weighted by Crippen LogP contribution is 2.27. The number of piperazine rings is 1. The number of hydrogen-bond acceptors (Lipinski definition) is 6.